The summed E-state index contributed by atoms with van der Waals surface area (Å²) < 4.78 is 29.2. The van der Waals surface area contributed by atoms with Crippen molar-refractivity contribution in [3.8, 4) is 5.82 Å². The molecule has 0 aliphatic carbocycles. The Hall–Kier alpha value is -4.15. The number of rotatable bonds is 9. The molecular formula is C25H23N5O4S. The number of nitrogens with zero attached hydrogens (tertiary/aromatic N) is 3. The standard InChI is InChI=1S/C25H23N5O4S/c1-18(31)21-8-10-23(11-9-21)35(33,34)29-17-19-3-6-22(7-4-19)25(32)27-16-20-5-12-24(26-15-20)30-14-2-13-28-30/h2-15,29H,16-17H2,1H3,(H,27,32). The van der Waals surface area contributed by atoms with Crippen molar-refractivity contribution in [2.24, 2.45) is 0 Å². The Labute approximate surface area is 202 Å². The molecular weight excluding hydrogens is 466 g/mol. The maximum absolute atomic E-state index is 12.5. The number of amides is 1. The van der Waals surface area contributed by atoms with Crippen LogP contribution < -0.4 is 10.0 Å². The summed E-state index contributed by atoms with van der Waals surface area (Å²) in [5, 5.41) is 6.97. The van der Waals surface area contributed by atoms with Crippen molar-refractivity contribution in [2.45, 2.75) is 24.9 Å². The van der Waals surface area contributed by atoms with Crippen molar-refractivity contribution in [1.29, 1.82) is 0 Å². The molecule has 0 spiro atoms. The van der Waals surface area contributed by atoms with Crippen LogP contribution in [-0.2, 0) is 23.1 Å². The topological polar surface area (TPSA) is 123 Å². The number of nitrogens with one attached hydrogen (secondary N) is 2. The van der Waals surface area contributed by atoms with E-state index in [1.807, 2.05) is 18.2 Å². The smallest absolute Gasteiger partial charge is 0.251 e. The highest BCUT2D eigenvalue weighted by Crippen LogP contribution is 2.13. The number of Topliss-reactive ketones (excluding diaryl/α,β-unsaturated/α-hetero) is 1. The number of carbonyl (C=O) groups excluding carboxylic acids is 2. The first-order valence-corrected chi connectivity index (χ1v) is 12.2. The van der Waals surface area contributed by atoms with Crippen LogP contribution in [0, 0.1) is 0 Å². The van der Waals surface area contributed by atoms with E-state index in [1.54, 1.807) is 47.5 Å². The lowest BCUT2D eigenvalue weighted by Gasteiger charge is -2.09. The molecule has 0 fully saturated rings. The number of carbonyl (C=O) groups is 2. The number of ketones is 1. The molecule has 2 heterocycles. The second-order valence-corrected chi connectivity index (χ2v) is 9.53. The molecule has 0 unspecified atom stereocenters. The highest BCUT2D eigenvalue weighted by atomic mass is 32.2. The van der Waals surface area contributed by atoms with E-state index < -0.39 is 10.0 Å². The molecule has 4 rings (SSSR count). The van der Waals surface area contributed by atoms with Gasteiger partial charge >= 0.3 is 0 Å². The molecule has 0 aliphatic rings. The van der Waals surface area contributed by atoms with Crippen molar-refractivity contribution < 1.29 is 18.0 Å². The molecule has 4 aromatic rings. The lowest BCUT2D eigenvalue weighted by molar-refractivity contribution is 0.0950. The highest BCUT2D eigenvalue weighted by Gasteiger charge is 2.14. The van der Waals surface area contributed by atoms with Crippen molar-refractivity contribution in [3.63, 3.8) is 0 Å². The Balaban J connectivity index is 1.30. The monoisotopic (exact) mass is 489 g/mol. The van der Waals surface area contributed by atoms with Gasteiger partial charge in [-0.3, -0.25) is 9.59 Å². The fourth-order valence-electron chi connectivity index (χ4n) is 3.25. The van der Waals surface area contributed by atoms with Crippen LogP contribution in [0.25, 0.3) is 5.82 Å². The highest BCUT2D eigenvalue weighted by molar-refractivity contribution is 7.89. The van der Waals surface area contributed by atoms with Gasteiger partial charge in [0.05, 0.1) is 4.90 Å². The summed E-state index contributed by atoms with van der Waals surface area (Å²) in [6.07, 6.45) is 5.15. The van der Waals surface area contributed by atoms with Crippen LogP contribution in [0.3, 0.4) is 0 Å². The molecule has 10 heteroatoms. The fraction of sp³-hybridized carbons (Fsp3) is 0.120. The maximum Gasteiger partial charge on any atom is 0.251 e. The Bertz CT molecular complexity index is 1410. The molecule has 2 N–H and O–H groups in total. The maximum atomic E-state index is 12.5. The van der Waals surface area contributed by atoms with Gasteiger partial charge in [-0.1, -0.05) is 30.3 Å². The van der Waals surface area contributed by atoms with Gasteiger partial charge in [0.25, 0.3) is 5.91 Å². The molecule has 0 aliphatic heterocycles. The van der Waals surface area contributed by atoms with E-state index in [1.165, 1.54) is 31.2 Å². The first kappa shape index (κ1) is 24.0. The van der Waals surface area contributed by atoms with Crippen LogP contribution in [-0.4, -0.2) is 34.9 Å². The van der Waals surface area contributed by atoms with E-state index in [-0.39, 0.29) is 23.1 Å². The SMILES string of the molecule is CC(=O)c1ccc(S(=O)(=O)NCc2ccc(C(=O)NCc3ccc(-n4cccn4)nc3)cc2)cc1. The molecule has 0 saturated carbocycles. The van der Waals surface area contributed by atoms with Gasteiger partial charge in [-0.2, -0.15) is 5.10 Å². The lowest BCUT2D eigenvalue weighted by Crippen LogP contribution is -2.24. The Morgan fingerprint density at radius 2 is 1.57 bits per heavy atom. The summed E-state index contributed by atoms with van der Waals surface area (Å²) in [5.74, 6) is 0.300. The minimum Gasteiger partial charge on any atom is -0.348 e. The Morgan fingerprint density at radius 1 is 0.886 bits per heavy atom. The number of sulfonamides is 1. The summed E-state index contributed by atoms with van der Waals surface area (Å²) in [7, 11) is -3.74. The van der Waals surface area contributed by atoms with Gasteiger partial charge in [-0.05, 0) is 54.4 Å². The molecule has 0 saturated heterocycles. The number of aromatic nitrogens is 3. The second kappa shape index (κ2) is 10.4. The molecule has 0 radical (unpaired) electrons. The number of benzene rings is 2. The van der Waals surface area contributed by atoms with Crippen LogP contribution in [0.4, 0.5) is 0 Å². The third kappa shape index (κ3) is 6.05. The summed E-state index contributed by atoms with van der Waals surface area (Å²) in [6.45, 7) is 1.80. The van der Waals surface area contributed by atoms with Crippen LogP contribution >= 0.6 is 0 Å². The van der Waals surface area contributed by atoms with Crippen molar-refractivity contribution in [1.82, 2.24) is 24.8 Å². The van der Waals surface area contributed by atoms with Gasteiger partial charge in [0.1, 0.15) is 0 Å². The van der Waals surface area contributed by atoms with E-state index in [4.69, 9.17) is 0 Å². The Kier molecular flexibility index (Phi) is 7.14. The largest absolute Gasteiger partial charge is 0.348 e. The minimum atomic E-state index is -3.74. The molecule has 2 aromatic heterocycles. The predicted molar refractivity (Wildman–Crippen MR) is 129 cm³/mol. The van der Waals surface area contributed by atoms with Gasteiger partial charge in [0, 0.05) is 42.8 Å². The third-order valence-corrected chi connectivity index (χ3v) is 6.67. The average molecular weight is 490 g/mol. The minimum absolute atomic E-state index is 0.0625. The predicted octanol–water partition coefficient (Wildman–Crippen LogP) is 2.88. The van der Waals surface area contributed by atoms with Gasteiger partial charge in [0.15, 0.2) is 11.6 Å². The third-order valence-electron chi connectivity index (χ3n) is 5.25. The van der Waals surface area contributed by atoms with Crippen LogP contribution in [0.5, 0.6) is 0 Å². The van der Waals surface area contributed by atoms with Gasteiger partial charge in [-0.15, -0.1) is 0 Å². The van der Waals surface area contributed by atoms with Crippen molar-refractivity contribution in [3.05, 3.63) is 108 Å². The van der Waals surface area contributed by atoms with E-state index in [0.717, 1.165) is 5.56 Å². The van der Waals surface area contributed by atoms with Gasteiger partial charge in [0.2, 0.25) is 10.0 Å². The summed E-state index contributed by atoms with van der Waals surface area (Å²) in [5.41, 5.74) is 2.44. The lowest BCUT2D eigenvalue weighted by atomic mass is 10.1. The molecule has 2 aromatic carbocycles. The zero-order valence-electron chi connectivity index (χ0n) is 18.9. The van der Waals surface area contributed by atoms with E-state index >= 15 is 0 Å². The van der Waals surface area contributed by atoms with Crippen LogP contribution in [0.15, 0.2) is 90.2 Å². The molecule has 178 valence electrons. The van der Waals surface area contributed by atoms with Gasteiger partial charge in [-0.25, -0.2) is 22.8 Å². The van der Waals surface area contributed by atoms with E-state index in [2.05, 4.69) is 20.1 Å². The zero-order chi connectivity index (χ0) is 24.8. The molecule has 0 bridgehead atoms. The van der Waals surface area contributed by atoms with Crippen molar-refractivity contribution >= 4 is 21.7 Å². The quantitative estimate of drug-likeness (QED) is 0.349. The van der Waals surface area contributed by atoms with Crippen LogP contribution in [0.1, 0.15) is 38.8 Å². The molecule has 9 nitrogen and oxygen atoms in total. The first-order chi connectivity index (χ1) is 16.8. The fourth-order valence-corrected chi connectivity index (χ4v) is 4.27. The van der Waals surface area contributed by atoms with Gasteiger partial charge < -0.3 is 5.32 Å². The second-order valence-electron chi connectivity index (χ2n) is 7.76. The summed E-state index contributed by atoms with van der Waals surface area (Å²) in [6, 6.07) is 17.9. The molecule has 0 atom stereocenters. The zero-order valence-corrected chi connectivity index (χ0v) is 19.7. The normalized spacial score (nSPS) is 11.2. The Morgan fingerprint density at radius 3 is 2.17 bits per heavy atom. The number of hydrogen-bond donors (Lipinski definition) is 2. The number of hydrogen-bond acceptors (Lipinski definition) is 6. The van der Waals surface area contributed by atoms with E-state index in [0.29, 0.717) is 29.1 Å². The molecule has 35 heavy (non-hydrogen) atoms. The molecule has 1 amide bonds. The summed E-state index contributed by atoms with van der Waals surface area (Å²) >= 11 is 0. The van der Waals surface area contributed by atoms with Crippen LogP contribution in [0.2, 0.25) is 0 Å². The van der Waals surface area contributed by atoms with Crippen molar-refractivity contribution in [2.75, 3.05) is 0 Å². The van der Waals surface area contributed by atoms with E-state index in [9.17, 15) is 18.0 Å². The average Bonchev–Trinajstić information content (AvgIpc) is 3.42. The first-order valence-electron chi connectivity index (χ1n) is 10.7. The number of pyridine rings is 1. The summed E-state index contributed by atoms with van der Waals surface area (Å²) in [4.78, 5) is 28.2.